The summed E-state index contributed by atoms with van der Waals surface area (Å²) in [6.07, 6.45) is -5.12. The van der Waals surface area contributed by atoms with E-state index in [1.54, 1.807) is 48.5 Å². The van der Waals surface area contributed by atoms with E-state index in [4.69, 9.17) is 0 Å². The topological polar surface area (TPSA) is 74.6 Å². The Morgan fingerprint density at radius 1 is 0.875 bits per heavy atom. The fraction of sp³-hybridized carbons (Fsp3) is 0.200. The lowest BCUT2D eigenvalue weighted by Crippen LogP contribution is -2.33. The second-order valence-electron chi connectivity index (χ2n) is 7.96. The Bertz CT molecular complexity index is 1120. The molecule has 0 bridgehead atoms. The first-order valence-corrected chi connectivity index (χ1v) is 9.80. The van der Waals surface area contributed by atoms with Crippen LogP contribution >= 0.6 is 0 Å². The van der Waals surface area contributed by atoms with Gasteiger partial charge in [0.25, 0.3) is 0 Å². The van der Waals surface area contributed by atoms with Crippen LogP contribution in [-0.4, -0.2) is 22.0 Å². The zero-order valence-corrected chi connectivity index (χ0v) is 17.2. The van der Waals surface area contributed by atoms with E-state index in [1.807, 2.05) is 0 Å². The molecule has 3 aromatic rings. The number of halogens is 3. The molecule has 4 nitrogen and oxygen atoms in total. The SMILES string of the molecule is CC(CC(=O)c1ccc(-c2ccc(O)cc2)cc1)(Cc1cccc(C(F)(F)F)c1)C(=O)O. The lowest BCUT2D eigenvalue weighted by Gasteiger charge is -2.24. The van der Waals surface area contributed by atoms with Crippen molar-refractivity contribution in [2.75, 3.05) is 0 Å². The van der Waals surface area contributed by atoms with Gasteiger partial charge in [-0.15, -0.1) is 0 Å². The first-order valence-electron chi connectivity index (χ1n) is 9.80. The number of hydrogen-bond acceptors (Lipinski definition) is 3. The van der Waals surface area contributed by atoms with Gasteiger partial charge < -0.3 is 10.2 Å². The van der Waals surface area contributed by atoms with Crippen molar-refractivity contribution in [1.82, 2.24) is 0 Å². The van der Waals surface area contributed by atoms with Gasteiger partial charge in [-0.3, -0.25) is 9.59 Å². The van der Waals surface area contributed by atoms with Crippen molar-refractivity contribution in [2.45, 2.75) is 25.9 Å². The zero-order valence-electron chi connectivity index (χ0n) is 17.2. The fourth-order valence-corrected chi connectivity index (χ4v) is 3.48. The predicted molar refractivity (Wildman–Crippen MR) is 113 cm³/mol. The number of alkyl halides is 3. The Balaban J connectivity index is 1.79. The maximum Gasteiger partial charge on any atom is 0.416 e. The molecule has 0 saturated carbocycles. The molecule has 1 atom stereocenters. The van der Waals surface area contributed by atoms with Gasteiger partial charge in [-0.2, -0.15) is 13.2 Å². The van der Waals surface area contributed by atoms with E-state index < -0.39 is 28.9 Å². The van der Waals surface area contributed by atoms with Crippen LogP contribution in [0.1, 0.15) is 34.8 Å². The summed E-state index contributed by atoms with van der Waals surface area (Å²) in [6, 6.07) is 17.6. The maximum absolute atomic E-state index is 13.0. The van der Waals surface area contributed by atoms with Crippen LogP contribution in [0.25, 0.3) is 11.1 Å². The molecule has 0 saturated heterocycles. The number of aromatic hydroxyl groups is 1. The van der Waals surface area contributed by atoms with Crippen molar-refractivity contribution in [2.24, 2.45) is 5.41 Å². The first kappa shape index (κ1) is 23.1. The molecule has 0 amide bonds. The highest BCUT2D eigenvalue weighted by Crippen LogP contribution is 2.33. The van der Waals surface area contributed by atoms with Crippen LogP contribution in [0.15, 0.2) is 72.8 Å². The molecule has 0 heterocycles. The van der Waals surface area contributed by atoms with E-state index in [9.17, 15) is 33.0 Å². The van der Waals surface area contributed by atoms with Gasteiger partial charge >= 0.3 is 12.1 Å². The number of ketones is 1. The van der Waals surface area contributed by atoms with Crippen LogP contribution < -0.4 is 0 Å². The normalized spacial score (nSPS) is 13.4. The van der Waals surface area contributed by atoms with E-state index in [0.29, 0.717) is 5.56 Å². The molecule has 0 fully saturated rings. The summed E-state index contributed by atoms with van der Waals surface area (Å²) in [5.74, 6) is -1.54. The third kappa shape index (κ3) is 5.35. The van der Waals surface area contributed by atoms with E-state index in [0.717, 1.165) is 23.3 Å². The van der Waals surface area contributed by atoms with E-state index in [-0.39, 0.29) is 24.2 Å². The minimum absolute atomic E-state index is 0.134. The molecule has 0 aromatic heterocycles. The molecule has 166 valence electrons. The number of aliphatic carboxylic acids is 1. The molecule has 0 radical (unpaired) electrons. The number of hydrogen-bond donors (Lipinski definition) is 2. The van der Waals surface area contributed by atoms with Crippen LogP contribution in [-0.2, 0) is 17.4 Å². The highest BCUT2D eigenvalue weighted by atomic mass is 19.4. The fourth-order valence-electron chi connectivity index (χ4n) is 3.48. The number of rotatable bonds is 7. The molecule has 7 heteroatoms. The van der Waals surface area contributed by atoms with Gasteiger partial charge in [0.1, 0.15) is 5.75 Å². The Morgan fingerprint density at radius 2 is 1.44 bits per heavy atom. The average molecular weight is 442 g/mol. The number of carboxylic acid groups (broad SMARTS) is 1. The summed E-state index contributed by atoms with van der Waals surface area (Å²) < 4.78 is 38.9. The lowest BCUT2D eigenvalue weighted by atomic mass is 9.78. The Kier molecular flexibility index (Phi) is 6.39. The molecule has 32 heavy (non-hydrogen) atoms. The van der Waals surface area contributed by atoms with Gasteiger partial charge in [-0.05, 0) is 48.2 Å². The third-order valence-electron chi connectivity index (χ3n) is 5.32. The Labute approximate surface area is 183 Å². The standard InChI is InChI=1S/C25H21F3O4/c1-24(23(31)32,14-16-3-2-4-20(13-16)25(26,27)28)15-22(30)19-7-5-17(6-8-19)18-9-11-21(29)12-10-18/h2-13,29H,14-15H2,1H3,(H,31,32). The number of phenolic OH excluding ortho intramolecular Hbond substituents is 1. The third-order valence-corrected chi connectivity index (χ3v) is 5.32. The smallest absolute Gasteiger partial charge is 0.416 e. The largest absolute Gasteiger partial charge is 0.508 e. The number of phenols is 1. The van der Waals surface area contributed by atoms with Crippen molar-refractivity contribution < 1.29 is 33.0 Å². The van der Waals surface area contributed by atoms with Gasteiger partial charge in [-0.25, -0.2) is 0 Å². The number of carboxylic acids is 1. The van der Waals surface area contributed by atoms with Gasteiger partial charge in [0, 0.05) is 12.0 Å². The van der Waals surface area contributed by atoms with Crippen LogP contribution in [0.3, 0.4) is 0 Å². The molecule has 2 N–H and O–H groups in total. The molecule has 0 aliphatic carbocycles. The molecule has 1 unspecified atom stereocenters. The lowest BCUT2D eigenvalue weighted by molar-refractivity contribution is -0.147. The monoisotopic (exact) mass is 442 g/mol. The second kappa shape index (κ2) is 8.86. The van der Waals surface area contributed by atoms with Crippen LogP contribution in [0.5, 0.6) is 5.75 Å². The molecule has 0 aliphatic rings. The molecule has 3 rings (SSSR count). The molecule has 0 spiro atoms. The van der Waals surface area contributed by atoms with E-state index in [2.05, 4.69) is 0 Å². The Hall–Kier alpha value is -3.61. The molecule has 3 aromatic carbocycles. The molecular formula is C25H21F3O4. The van der Waals surface area contributed by atoms with Crippen molar-refractivity contribution in [3.05, 3.63) is 89.5 Å². The van der Waals surface area contributed by atoms with Gasteiger partial charge in [0.2, 0.25) is 0 Å². The number of benzene rings is 3. The Morgan fingerprint density at radius 3 is 1.97 bits per heavy atom. The summed E-state index contributed by atoms with van der Waals surface area (Å²) in [6.45, 7) is 1.36. The quantitative estimate of drug-likeness (QED) is 0.441. The van der Waals surface area contributed by atoms with Crippen molar-refractivity contribution in [3.63, 3.8) is 0 Å². The number of carbonyl (C=O) groups is 2. The summed E-state index contributed by atoms with van der Waals surface area (Å²) >= 11 is 0. The number of Topliss-reactive ketones (excluding diaryl/α,β-unsaturated/α-hetero) is 1. The van der Waals surface area contributed by atoms with Crippen molar-refractivity contribution >= 4 is 11.8 Å². The van der Waals surface area contributed by atoms with Crippen molar-refractivity contribution in [1.29, 1.82) is 0 Å². The summed E-state index contributed by atoms with van der Waals surface area (Å²) in [4.78, 5) is 24.7. The minimum Gasteiger partial charge on any atom is -0.508 e. The summed E-state index contributed by atoms with van der Waals surface area (Å²) in [5.41, 5.74) is -0.284. The molecule has 0 aliphatic heterocycles. The summed E-state index contributed by atoms with van der Waals surface area (Å²) in [7, 11) is 0. The van der Waals surface area contributed by atoms with Gasteiger partial charge in [0.15, 0.2) is 5.78 Å². The number of carbonyl (C=O) groups excluding carboxylic acids is 1. The van der Waals surface area contributed by atoms with E-state index in [1.165, 1.54) is 19.1 Å². The summed E-state index contributed by atoms with van der Waals surface area (Å²) in [5, 5.41) is 19.1. The second-order valence-corrected chi connectivity index (χ2v) is 7.96. The van der Waals surface area contributed by atoms with E-state index >= 15 is 0 Å². The van der Waals surface area contributed by atoms with Crippen LogP contribution in [0, 0.1) is 5.41 Å². The van der Waals surface area contributed by atoms with Crippen molar-refractivity contribution in [3.8, 4) is 16.9 Å². The zero-order chi connectivity index (χ0) is 23.5. The highest BCUT2D eigenvalue weighted by molar-refractivity contribution is 5.99. The average Bonchev–Trinajstić information content (AvgIpc) is 2.74. The first-order chi connectivity index (χ1) is 15.0. The van der Waals surface area contributed by atoms with Gasteiger partial charge in [-0.1, -0.05) is 54.6 Å². The van der Waals surface area contributed by atoms with Crippen LogP contribution in [0.4, 0.5) is 13.2 Å². The highest BCUT2D eigenvalue weighted by Gasteiger charge is 2.37. The van der Waals surface area contributed by atoms with Gasteiger partial charge in [0.05, 0.1) is 11.0 Å². The maximum atomic E-state index is 13.0. The predicted octanol–water partition coefficient (Wildman–Crippen LogP) is 5.98. The van der Waals surface area contributed by atoms with Crippen LogP contribution in [0.2, 0.25) is 0 Å². The molecular weight excluding hydrogens is 421 g/mol. The minimum atomic E-state index is -4.54.